The molecule has 4 N–H and O–H groups in total. The van der Waals surface area contributed by atoms with Crippen molar-refractivity contribution in [3.05, 3.63) is 35.5 Å². The summed E-state index contributed by atoms with van der Waals surface area (Å²) in [5, 5.41) is 10.2. The van der Waals surface area contributed by atoms with Gasteiger partial charge in [-0.1, -0.05) is 18.2 Å². The molecule has 1 aromatic carbocycles. The summed E-state index contributed by atoms with van der Waals surface area (Å²) >= 11 is 0. The van der Waals surface area contributed by atoms with Crippen molar-refractivity contribution >= 4 is 46.7 Å². The molecule has 0 aliphatic heterocycles. The van der Waals surface area contributed by atoms with Crippen LogP contribution in [0.15, 0.2) is 29.4 Å². The fourth-order valence-corrected chi connectivity index (χ4v) is 2.63. The van der Waals surface area contributed by atoms with E-state index in [0.717, 1.165) is 13.0 Å². The van der Waals surface area contributed by atoms with Crippen LogP contribution in [0.4, 0.5) is 0 Å². The predicted octanol–water partition coefficient (Wildman–Crippen LogP) is 1.56. The molecule has 2 rings (SSSR count). The van der Waals surface area contributed by atoms with Gasteiger partial charge >= 0.3 is 0 Å². The maximum Gasteiger partial charge on any atom is 0.239 e. The van der Waals surface area contributed by atoms with Crippen LogP contribution in [0.2, 0.25) is 0 Å². The van der Waals surface area contributed by atoms with Crippen LogP contribution in [-0.2, 0) is 16.0 Å². The number of halogens is 1. The molecule has 0 atom stereocenters. The van der Waals surface area contributed by atoms with Crippen molar-refractivity contribution in [1.82, 2.24) is 20.9 Å². The van der Waals surface area contributed by atoms with Crippen LogP contribution >= 0.6 is 24.0 Å². The zero-order valence-corrected chi connectivity index (χ0v) is 17.8. The fourth-order valence-electron chi connectivity index (χ4n) is 2.63. The highest BCUT2D eigenvalue weighted by Gasteiger charge is 2.06. The molecular formula is C18H28IN5O2. The minimum absolute atomic E-state index is 0. The number of amides is 1. The normalized spacial score (nSPS) is 11.1. The summed E-state index contributed by atoms with van der Waals surface area (Å²) < 4.78 is 4.89. The molecule has 26 heavy (non-hydrogen) atoms. The minimum atomic E-state index is -0.0906. The standard InChI is InChI=1S/C18H27N5O2.HI/c1-13-5-4-6-15-14(11-22-17(13)15)7-8-21-18(19-2)23-12-16(24)20-9-10-25-3;/h4-6,11,22H,7-10,12H2,1-3H3,(H,20,24)(H2,19,21,23);1H. The Morgan fingerprint density at radius 3 is 2.77 bits per heavy atom. The van der Waals surface area contributed by atoms with Crippen LogP contribution in [0, 0.1) is 6.92 Å². The number of aryl methyl sites for hydroxylation is 1. The van der Waals surface area contributed by atoms with Crippen LogP contribution in [-0.4, -0.2) is 57.2 Å². The highest BCUT2D eigenvalue weighted by Crippen LogP contribution is 2.21. The number of fused-ring (bicyclic) bond motifs is 1. The number of aromatic amines is 1. The molecule has 0 bridgehead atoms. The lowest BCUT2D eigenvalue weighted by Gasteiger charge is -2.11. The van der Waals surface area contributed by atoms with Gasteiger partial charge in [-0.2, -0.15) is 0 Å². The lowest BCUT2D eigenvalue weighted by atomic mass is 10.1. The first kappa shape index (κ1) is 22.2. The van der Waals surface area contributed by atoms with Gasteiger partial charge in [-0.25, -0.2) is 0 Å². The van der Waals surface area contributed by atoms with Crippen molar-refractivity contribution in [2.24, 2.45) is 4.99 Å². The molecule has 2 aromatic rings. The summed E-state index contributed by atoms with van der Waals surface area (Å²) in [4.78, 5) is 19.1. The quantitative estimate of drug-likeness (QED) is 0.203. The number of hydrogen-bond acceptors (Lipinski definition) is 3. The Labute approximate surface area is 171 Å². The Balaban J connectivity index is 0.00000338. The zero-order chi connectivity index (χ0) is 18.1. The summed E-state index contributed by atoms with van der Waals surface area (Å²) in [5.41, 5.74) is 3.69. The van der Waals surface area contributed by atoms with Crippen LogP contribution in [0.1, 0.15) is 11.1 Å². The Morgan fingerprint density at radius 2 is 2.04 bits per heavy atom. The smallest absolute Gasteiger partial charge is 0.239 e. The number of para-hydroxylation sites is 1. The lowest BCUT2D eigenvalue weighted by molar-refractivity contribution is -0.120. The van der Waals surface area contributed by atoms with E-state index >= 15 is 0 Å². The Kier molecular flexibility index (Phi) is 10.0. The predicted molar refractivity (Wildman–Crippen MR) is 116 cm³/mol. The molecule has 0 radical (unpaired) electrons. The molecule has 144 valence electrons. The number of hydrogen-bond donors (Lipinski definition) is 4. The molecule has 1 aromatic heterocycles. The van der Waals surface area contributed by atoms with Crippen molar-refractivity contribution in [3.63, 3.8) is 0 Å². The van der Waals surface area contributed by atoms with E-state index in [-0.39, 0.29) is 36.4 Å². The topological polar surface area (TPSA) is 90.5 Å². The van der Waals surface area contributed by atoms with E-state index in [1.165, 1.54) is 22.0 Å². The molecule has 0 spiro atoms. The van der Waals surface area contributed by atoms with Gasteiger partial charge in [0.05, 0.1) is 13.2 Å². The zero-order valence-electron chi connectivity index (χ0n) is 15.5. The maximum absolute atomic E-state index is 11.7. The van der Waals surface area contributed by atoms with Gasteiger partial charge in [-0.15, -0.1) is 24.0 Å². The van der Waals surface area contributed by atoms with Crippen LogP contribution in [0.5, 0.6) is 0 Å². The van der Waals surface area contributed by atoms with Gasteiger partial charge in [-0.05, 0) is 24.5 Å². The minimum Gasteiger partial charge on any atom is -0.383 e. The largest absolute Gasteiger partial charge is 0.383 e. The number of aromatic nitrogens is 1. The molecule has 0 unspecified atom stereocenters. The Morgan fingerprint density at radius 1 is 1.23 bits per heavy atom. The molecule has 0 aliphatic rings. The van der Waals surface area contributed by atoms with Gasteiger partial charge in [0.1, 0.15) is 0 Å². The maximum atomic E-state index is 11.7. The molecule has 0 aliphatic carbocycles. The van der Waals surface area contributed by atoms with Crippen molar-refractivity contribution in [2.75, 3.05) is 40.4 Å². The monoisotopic (exact) mass is 473 g/mol. The molecule has 1 amide bonds. The summed E-state index contributed by atoms with van der Waals surface area (Å²) in [6.45, 7) is 4.01. The Hall–Kier alpha value is -1.81. The third kappa shape index (κ3) is 6.49. The summed E-state index contributed by atoms with van der Waals surface area (Å²) in [6, 6.07) is 6.31. The van der Waals surface area contributed by atoms with Crippen LogP contribution in [0.25, 0.3) is 10.9 Å². The number of carbonyl (C=O) groups is 1. The van der Waals surface area contributed by atoms with Crippen LogP contribution < -0.4 is 16.0 Å². The van der Waals surface area contributed by atoms with Gasteiger partial charge in [0.2, 0.25) is 5.91 Å². The van der Waals surface area contributed by atoms with Gasteiger partial charge in [0, 0.05) is 44.3 Å². The molecule has 7 nitrogen and oxygen atoms in total. The number of nitrogens with zero attached hydrogens (tertiary/aromatic N) is 1. The fraction of sp³-hybridized carbons (Fsp3) is 0.444. The Bertz CT molecular complexity index is 729. The highest BCUT2D eigenvalue weighted by molar-refractivity contribution is 14.0. The van der Waals surface area contributed by atoms with E-state index in [9.17, 15) is 4.79 Å². The van der Waals surface area contributed by atoms with Crippen molar-refractivity contribution in [3.8, 4) is 0 Å². The number of nitrogens with one attached hydrogen (secondary N) is 4. The molecule has 0 saturated carbocycles. The number of ether oxygens (including phenoxy) is 1. The van der Waals surface area contributed by atoms with Gasteiger partial charge < -0.3 is 25.7 Å². The second-order valence-corrected chi connectivity index (χ2v) is 5.76. The van der Waals surface area contributed by atoms with Gasteiger partial charge in [0.15, 0.2) is 5.96 Å². The first-order valence-corrected chi connectivity index (χ1v) is 8.41. The van der Waals surface area contributed by atoms with E-state index in [4.69, 9.17) is 4.74 Å². The average Bonchev–Trinajstić information content (AvgIpc) is 3.03. The van der Waals surface area contributed by atoms with E-state index in [1.807, 2.05) is 0 Å². The van der Waals surface area contributed by atoms with Crippen molar-refractivity contribution < 1.29 is 9.53 Å². The number of carbonyl (C=O) groups excluding carboxylic acids is 1. The molecule has 0 fully saturated rings. The highest BCUT2D eigenvalue weighted by atomic mass is 127. The van der Waals surface area contributed by atoms with E-state index in [0.29, 0.717) is 19.1 Å². The SMILES string of the molecule is CN=C(NCCc1c[nH]c2c(C)cccc12)NCC(=O)NCCOC.I. The van der Waals surface area contributed by atoms with Crippen molar-refractivity contribution in [2.45, 2.75) is 13.3 Å². The molecule has 8 heteroatoms. The summed E-state index contributed by atoms with van der Waals surface area (Å²) in [7, 11) is 3.29. The van der Waals surface area contributed by atoms with Crippen LogP contribution in [0.3, 0.4) is 0 Å². The summed E-state index contributed by atoms with van der Waals surface area (Å²) in [5.74, 6) is 0.519. The average molecular weight is 473 g/mol. The second kappa shape index (κ2) is 11.7. The number of H-pyrrole nitrogens is 1. The third-order valence-corrected chi connectivity index (χ3v) is 3.96. The van der Waals surface area contributed by atoms with Gasteiger partial charge in [-0.3, -0.25) is 9.79 Å². The van der Waals surface area contributed by atoms with E-state index < -0.39 is 0 Å². The number of aliphatic imine (C=N–C) groups is 1. The number of benzene rings is 1. The number of methoxy groups -OCH3 is 1. The molecule has 0 saturated heterocycles. The molecule has 1 heterocycles. The lowest BCUT2D eigenvalue weighted by Crippen LogP contribution is -2.44. The second-order valence-electron chi connectivity index (χ2n) is 5.76. The van der Waals surface area contributed by atoms with Gasteiger partial charge in [0.25, 0.3) is 0 Å². The number of guanidine groups is 1. The first-order valence-electron chi connectivity index (χ1n) is 8.41. The van der Waals surface area contributed by atoms with E-state index in [1.54, 1.807) is 14.2 Å². The van der Waals surface area contributed by atoms with E-state index in [2.05, 4.69) is 57.2 Å². The van der Waals surface area contributed by atoms with Crippen molar-refractivity contribution in [1.29, 1.82) is 0 Å². The number of rotatable bonds is 8. The molecular weight excluding hydrogens is 445 g/mol. The third-order valence-electron chi connectivity index (χ3n) is 3.96. The first-order chi connectivity index (χ1) is 12.2. The summed E-state index contributed by atoms with van der Waals surface area (Å²) in [6.07, 6.45) is 2.92.